The van der Waals surface area contributed by atoms with E-state index in [1.165, 1.54) is 0 Å². The molecule has 1 aromatic heterocycles. The number of aromatic nitrogens is 2. The van der Waals surface area contributed by atoms with Gasteiger partial charge in [0.15, 0.2) is 5.69 Å². The van der Waals surface area contributed by atoms with Gasteiger partial charge in [0.05, 0.1) is 0 Å². The number of H-pyrrole nitrogens is 1. The average Bonchev–Trinajstić information content (AvgIpc) is 2.78. The molecule has 0 aliphatic heterocycles. The molecule has 1 heterocycles. The molecule has 0 saturated carbocycles. The third kappa shape index (κ3) is 2.75. The number of nitrogens with one attached hydrogen (secondary N) is 1. The summed E-state index contributed by atoms with van der Waals surface area (Å²) in [5.74, 6) is -1.57. The van der Waals surface area contributed by atoms with Crippen molar-refractivity contribution in [2.75, 3.05) is 0 Å². The topological polar surface area (TPSA) is 92.3 Å². The molecule has 0 bridgehead atoms. The van der Waals surface area contributed by atoms with Crippen LogP contribution in [0.2, 0.25) is 0 Å². The fraction of sp³-hybridized carbons (Fsp3) is 0. The summed E-state index contributed by atoms with van der Waals surface area (Å²) in [6.07, 6.45) is 0. The molecule has 0 amide bonds. The first-order chi connectivity index (χ1) is 8.56. The molecular weight excluding hydrogens is 304 g/mol. The normalized spacial score (nSPS) is 10.1. The number of esters is 1. The van der Waals surface area contributed by atoms with Crippen molar-refractivity contribution in [2.24, 2.45) is 0 Å². The standard InChI is InChI=1S/C11H7BrN2O4/c12-6-2-1-3-7(4-6)18-11(17)9-5-8(10(15)16)13-14-9/h1-5H,(H,13,14)(H,15,16). The van der Waals surface area contributed by atoms with E-state index in [0.29, 0.717) is 5.75 Å². The molecule has 0 aliphatic carbocycles. The Kier molecular flexibility index (Phi) is 3.42. The van der Waals surface area contributed by atoms with Crippen molar-refractivity contribution in [3.05, 3.63) is 46.2 Å². The van der Waals surface area contributed by atoms with E-state index in [-0.39, 0.29) is 11.4 Å². The van der Waals surface area contributed by atoms with Crippen molar-refractivity contribution in [3.8, 4) is 5.75 Å². The third-order valence-corrected chi connectivity index (χ3v) is 2.52. The number of aromatic carboxylic acids is 1. The van der Waals surface area contributed by atoms with E-state index in [0.717, 1.165) is 10.5 Å². The molecular formula is C11H7BrN2O4. The lowest BCUT2D eigenvalue weighted by atomic mass is 10.3. The van der Waals surface area contributed by atoms with Crippen LogP contribution in [0.4, 0.5) is 0 Å². The van der Waals surface area contributed by atoms with Crippen LogP contribution in [0.25, 0.3) is 0 Å². The number of halogens is 1. The van der Waals surface area contributed by atoms with Gasteiger partial charge in [0.1, 0.15) is 11.4 Å². The van der Waals surface area contributed by atoms with Crippen molar-refractivity contribution in [1.82, 2.24) is 10.2 Å². The number of hydrogen-bond donors (Lipinski definition) is 2. The lowest BCUT2D eigenvalue weighted by molar-refractivity contribution is 0.0689. The molecule has 0 fully saturated rings. The minimum Gasteiger partial charge on any atom is -0.476 e. The van der Waals surface area contributed by atoms with Crippen LogP contribution in [0.1, 0.15) is 21.0 Å². The van der Waals surface area contributed by atoms with Crippen LogP contribution in [0.3, 0.4) is 0 Å². The van der Waals surface area contributed by atoms with Gasteiger partial charge < -0.3 is 9.84 Å². The summed E-state index contributed by atoms with van der Waals surface area (Å²) in [5, 5.41) is 14.4. The van der Waals surface area contributed by atoms with Crippen LogP contribution in [0.15, 0.2) is 34.8 Å². The molecule has 0 radical (unpaired) electrons. The molecule has 0 atom stereocenters. The second kappa shape index (κ2) is 5.01. The lowest BCUT2D eigenvalue weighted by Gasteiger charge is -2.02. The summed E-state index contributed by atoms with van der Waals surface area (Å²) < 4.78 is 5.81. The van der Waals surface area contributed by atoms with Crippen molar-refractivity contribution >= 4 is 27.9 Å². The first kappa shape index (κ1) is 12.3. The van der Waals surface area contributed by atoms with Crippen molar-refractivity contribution in [1.29, 1.82) is 0 Å². The van der Waals surface area contributed by atoms with Crippen LogP contribution in [-0.2, 0) is 0 Å². The first-order valence-corrected chi connectivity index (χ1v) is 5.62. The van der Waals surface area contributed by atoms with E-state index in [1.807, 2.05) is 0 Å². The van der Waals surface area contributed by atoms with Gasteiger partial charge in [-0.25, -0.2) is 9.59 Å². The number of benzene rings is 1. The van der Waals surface area contributed by atoms with Gasteiger partial charge in [-0.15, -0.1) is 0 Å². The molecule has 0 unspecified atom stereocenters. The molecule has 92 valence electrons. The number of hydrogen-bond acceptors (Lipinski definition) is 4. The van der Waals surface area contributed by atoms with Gasteiger partial charge in [0.25, 0.3) is 0 Å². The van der Waals surface area contributed by atoms with Crippen LogP contribution < -0.4 is 4.74 Å². The van der Waals surface area contributed by atoms with Crippen LogP contribution in [-0.4, -0.2) is 27.2 Å². The maximum Gasteiger partial charge on any atom is 0.361 e. The molecule has 1 aromatic carbocycles. The Morgan fingerprint density at radius 2 is 2.11 bits per heavy atom. The Morgan fingerprint density at radius 1 is 1.33 bits per heavy atom. The van der Waals surface area contributed by atoms with Gasteiger partial charge >= 0.3 is 11.9 Å². The van der Waals surface area contributed by atoms with E-state index in [9.17, 15) is 9.59 Å². The largest absolute Gasteiger partial charge is 0.476 e. The predicted molar refractivity (Wildman–Crippen MR) is 64.6 cm³/mol. The number of carbonyl (C=O) groups is 2. The lowest BCUT2D eigenvalue weighted by Crippen LogP contribution is -2.08. The van der Waals surface area contributed by atoms with Gasteiger partial charge in [-0.1, -0.05) is 22.0 Å². The van der Waals surface area contributed by atoms with E-state index in [2.05, 4.69) is 26.1 Å². The number of carboxylic acid groups (broad SMARTS) is 1. The molecule has 7 heteroatoms. The highest BCUT2D eigenvalue weighted by Crippen LogP contribution is 2.18. The Balaban J connectivity index is 2.14. The minimum atomic E-state index is -1.22. The Morgan fingerprint density at radius 3 is 2.72 bits per heavy atom. The summed E-state index contributed by atoms with van der Waals surface area (Å²) in [7, 11) is 0. The number of carbonyl (C=O) groups excluding carboxylic acids is 1. The second-order valence-corrected chi connectivity index (χ2v) is 4.23. The fourth-order valence-corrected chi connectivity index (χ4v) is 1.61. The average molecular weight is 311 g/mol. The van der Waals surface area contributed by atoms with E-state index in [1.54, 1.807) is 24.3 Å². The number of ether oxygens (including phenoxy) is 1. The molecule has 0 saturated heterocycles. The van der Waals surface area contributed by atoms with Crippen LogP contribution >= 0.6 is 15.9 Å². The molecule has 0 spiro atoms. The third-order valence-electron chi connectivity index (χ3n) is 2.02. The Hall–Kier alpha value is -2.15. The minimum absolute atomic E-state index is 0.0209. The monoisotopic (exact) mass is 310 g/mol. The summed E-state index contributed by atoms with van der Waals surface area (Å²) in [5.41, 5.74) is -0.261. The van der Waals surface area contributed by atoms with Gasteiger partial charge in [-0.3, -0.25) is 5.10 Å². The highest BCUT2D eigenvalue weighted by Gasteiger charge is 2.15. The summed E-state index contributed by atoms with van der Waals surface area (Å²) in [6, 6.07) is 7.84. The highest BCUT2D eigenvalue weighted by molar-refractivity contribution is 9.10. The summed E-state index contributed by atoms with van der Waals surface area (Å²) in [4.78, 5) is 22.3. The van der Waals surface area contributed by atoms with E-state index < -0.39 is 11.9 Å². The maximum absolute atomic E-state index is 11.7. The highest BCUT2D eigenvalue weighted by atomic mass is 79.9. The van der Waals surface area contributed by atoms with E-state index >= 15 is 0 Å². The molecule has 2 rings (SSSR count). The fourth-order valence-electron chi connectivity index (χ4n) is 1.23. The zero-order valence-corrected chi connectivity index (χ0v) is 10.5. The first-order valence-electron chi connectivity index (χ1n) is 4.83. The molecule has 2 N–H and O–H groups in total. The van der Waals surface area contributed by atoms with Crippen molar-refractivity contribution in [3.63, 3.8) is 0 Å². The van der Waals surface area contributed by atoms with Crippen molar-refractivity contribution in [2.45, 2.75) is 0 Å². The molecule has 2 aromatic rings. The number of nitrogens with zero attached hydrogens (tertiary/aromatic N) is 1. The van der Waals surface area contributed by atoms with Gasteiger partial charge in [0, 0.05) is 10.5 Å². The molecule has 18 heavy (non-hydrogen) atoms. The Labute approximate surface area is 110 Å². The number of carboxylic acids is 1. The number of rotatable bonds is 3. The maximum atomic E-state index is 11.7. The smallest absolute Gasteiger partial charge is 0.361 e. The van der Waals surface area contributed by atoms with Crippen LogP contribution in [0.5, 0.6) is 5.75 Å². The molecule has 6 nitrogen and oxygen atoms in total. The Bertz CT molecular complexity index is 609. The van der Waals surface area contributed by atoms with Crippen LogP contribution in [0, 0.1) is 0 Å². The SMILES string of the molecule is O=C(O)c1cc(C(=O)Oc2cccc(Br)c2)[nH]n1. The van der Waals surface area contributed by atoms with Gasteiger partial charge in [0.2, 0.25) is 0 Å². The number of aromatic amines is 1. The summed E-state index contributed by atoms with van der Waals surface area (Å²) in [6.45, 7) is 0. The second-order valence-electron chi connectivity index (χ2n) is 3.32. The zero-order chi connectivity index (χ0) is 13.1. The quantitative estimate of drug-likeness (QED) is 0.669. The predicted octanol–water partition coefficient (Wildman–Crippen LogP) is 2.09. The van der Waals surface area contributed by atoms with Crippen molar-refractivity contribution < 1.29 is 19.4 Å². The molecule has 0 aliphatic rings. The van der Waals surface area contributed by atoms with Gasteiger partial charge in [-0.2, -0.15) is 5.10 Å². The zero-order valence-electron chi connectivity index (χ0n) is 8.88. The van der Waals surface area contributed by atoms with E-state index in [4.69, 9.17) is 9.84 Å². The van der Waals surface area contributed by atoms with Gasteiger partial charge in [-0.05, 0) is 18.2 Å². The summed E-state index contributed by atoms with van der Waals surface area (Å²) >= 11 is 3.24.